The molecule has 2 aromatic carbocycles. The molecule has 0 unspecified atom stereocenters. The van der Waals surface area contributed by atoms with Crippen LogP contribution >= 0.6 is 23.4 Å². The van der Waals surface area contributed by atoms with Gasteiger partial charge in [-0.3, -0.25) is 4.57 Å². The third-order valence-electron chi connectivity index (χ3n) is 3.44. The normalized spacial score (nSPS) is 10.5. The van der Waals surface area contributed by atoms with E-state index in [9.17, 15) is 4.79 Å². The minimum Gasteiger partial charge on any atom is -0.493 e. The number of esters is 1. The fourth-order valence-electron chi connectivity index (χ4n) is 2.25. The maximum absolute atomic E-state index is 11.5. The Balaban J connectivity index is 1.57. The minimum absolute atomic E-state index is 0.389. The number of aromatic nitrogens is 3. The van der Waals surface area contributed by atoms with Crippen LogP contribution in [0.25, 0.3) is 5.69 Å². The van der Waals surface area contributed by atoms with Crippen LogP contribution in [-0.4, -0.2) is 40.2 Å². The summed E-state index contributed by atoms with van der Waals surface area (Å²) in [6, 6.07) is 14.4. The average molecular weight is 390 g/mol. The summed E-state index contributed by atoms with van der Waals surface area (Å²) in [5, 5.41) is 9.50. The maximum atomic E-state index is 11.5. The molecule has 3 rings (SSSR count). The summed E-state index contributed by atoms with van der Waals surface area (Å²) in [5.74, 6) is 0.895. The van der Waals surface area contributed by atoms with Crippen molar-refractivity contribution in [3.05, 3.63) is 65.4 Å². The van der Waals surface area contributed by atoms with Crippen LogP contribution in [0.1, 0.15) is 10.4 Å². The number of halogens is 1. The lowest BCUT2D eigenvalue weighted by atomic mass is 10.2. The molecule has 0 spiro atoms. The summed E-state index contributed by atoms with van der Waals surface area (Å²) in [6.07, 6.45) is 1.65. The molecule has 0 aliphatic heterocycles. The van der Waals surface area contributed by atoms with Crippen LogP contribution in [-0.2, 0) is 4.74 Å². The highest BCUT2D eigenvalue weighted by Gasteiger charge is 2.09. The van der Waals surface area contributed by atoms with Crippen LogP contribution in [0.2, 0.25) is 5.02 Å². The predicted molar refractivity (Wildman–Crippen MR) is 100 cm³/mol. The highest BCUT2D eigenvalue weighted by atomic mass is 35.5. The number of carbonyl (C=O) groups is 1. The van der Waals surface area contributed by atoms with E-state index in [1.54, 1.807) is 30.6 Å². The van der Waals surface area contributed by atoms with Gasteiger partial charge < -0.3 is 9.47 Å². The number of ether oxygens (including phenoxy) is 2. The average Bonchev–Trinajstić information content (AvgIpc) is 3.13. The molecule has 0 saturated carbocycles. The first-order valence-corrected chi connectivity index (χ1v) is 9.13. The van der Waals surface area contributed by atoms with Gasteiger partial charge in [-0.05, 0) is 36.4 Å². The van der Waals surface area contributed by atoms with Crippen molar-refractivity contribution in [2.75, 3.05) is 19.5 Å². The first-order chi connectivity index (χ1) is 12.7. The molecule has 26 heavy (non-hydrogen) atoms. The number of thioether (sulfide) groups is 1. The highest BCUT2D eigenvalue weighted by Crippen LogP contribution is 2.22. The first-order valence-electron chi connectivity index (χ1n) is 7.77. The van der Waals surface area contributed by atoms with Gasteiger partial charge in [0.1, 0.15) is 12.1 Å². The van der Waals surface area contributed by atoms with Gasteiger partial charge in [-0.2, -0.15) is 0 Å². The van der Waals surface area contributed by atoms with Gasteiger partial charge in [-0.15, -0.1) is 10.2 Å². The molecule has 6 nitrogen and oxygen atoms in total. The van der Waals surface area contributed by atoms with Crippen molar-refractivity contribution in [3.8, 4) is 11.4 Å². The van der Waals surface area contributed by atoms with Crippen molar-refractivity contribution in [2.24, 2.45) is 0 Å². The van der Waals surface area contributed by atoms with Gasteiger partial charge in [0.15, 0.2) is 5.16 Å². The molecule has 0 aliphatic carbocycles. The van der Waals surface area contributed by atoms with Crippen LogP contribution in [0.5, 0.6) is 5.75 Å². The number of hydrogen-bond donors (Lipinski definition) is 0. The molecule has 0 radical (unpaired) electrons. The Labute approximate surface area is 160 Å². The SMILES string of the molecule is COC(=O)c1cccc(OCCSc2nncn2-c2cccc(Cl)c2)c1. The quantitative estimate of drug-likeness (QED) is 0.347. The van der Waals surface area contributed by atoms with Crippen molar-refractivity contribution in [3.63, 3.8) is 0 Å². The molecular formula is C18H16ClN3O3S. The fourth-order valence-corrected chi connectivity index (χ4v) is 3.18. The number of hydrogen-bond acceptors (Lipinski definition) is 6. The van der Waals surface area contributed by atoms with Gasteiger partial charge in [0.05, 0.1) is 25.0 Å². The molecule has 0 amide bonds. The smallest absolute Gasteiger partial charge is 0.337 e. The molecule has 0 fully saturated rings. The van der Waals surface area contributed by atoms with Crippen molar-refractivity contribution in [1.82, 2.24) is 14.8 Å². The number of methoxy groups -OCH3 is 1. The van der Waals surface area contributed by atoms with Crippen LogP contribution in [0.4, 0.5) is 0 Å². The van der Waals surface area contributed by atoms with Crippen LogP contribution in [0.3, 0.4) is 0 Å². The molecule has 134 valence electrons. The largest absolute Gasteiger partial charge is 0.493 e. The van der Waals surface area contributed by atoms with Gasteiger partial charge >= 0.3 is 5.97 Å². The molecular weight excluding hydrogens is 374 g/mol. The number of carbonyl (C=O) groups excluding carboxylic acids is 1. The van der Waals surface area contributed by atoms with Gasteiger partial charge in [0.25, 0.3) is 0 Å². The fraction of sp³-hybridized carbons (Fsp3) is 0.167. The van der Waals surface area contributed by atoms with Gasteiger partial charge in [0, 0.05) is 10.8 Å². The zero-order chi connectivity index (χ0) is 18.4. The Hall–Kier alpha value is -2.51. The summed E-state index contributed by atoms with van der Waals surface area (Å²) >= 11 is 7.56. The van der Waals surface area contributed by atoms with E-state index in [0.29, 0.717) is 28.7 Å². The van der Waals surface area contributed by atoms with E-state index in [1.165, 1.54) is 18.9 Å². The lowest BCUT2D eigenvalue weighted by Gasteiger charge is -2.08. The monoisotopic (exact) mass is 389 g/mol. The van der Waals surface area contributed by atoms with Crippen LogP contribution in [0.15, 0.2) is 60.0 Å². The van der Waals surface area contributed by atoms with Gasteiger partial charge in [-0.1, -0.05) is 35.5 Å². The second-order valence-corrected chi connectivity index (χ2v) is 6.68. The third kappa shape index (κ3) is 4.56. The van der Waals surface area contributed by atoms with E-state index in [4.69, 9.17) is 21.1 Å². The number of benzene rings is 2. The topological polar surface area (TPSA) is 66.2 Å². The Morgan fingerprint density at radius 1 is 1.23 bits per heavy atom. The van der Waals surface area contributed by atoms with E-state index in [2.05, 4.69) is 10.2 Å². The predicted octanol–water partition coefficient (Wildman–Crippen LogP) is 3.88. The van der Waals surface area contributed by atoms with E-state index >= 15 is 0 Å². The van der Waals surface area contributed by atoms with Gasteiger partial charge in [-0.25, -0.2) is 4.79 Å². The molecule has 0 bridgehead atoms. The van der Waals surface area contributed by atoms with E-state index in [-0.39, 0.29) is 5.97 Å². The van der Waals surface area contributed by atoms with Crippen LogP contribution in [0, 0.1) is 0 Å². The maximum Gasteiger partial charge on any atom is 0.337 e. The Kier molecular flexibility index (Phi) is 6.14. The highest BCUT2D eigenvalue weighted by molar-refractivity contribution is 7.99. The van der Waals surface area contributed by atoms with Crippen LogP contribution < -0.4 is 4.74 Å². The van der Waals surface area contributed by atoms with Crippen molar-refractivity contribution in [1.29, 1.82) is 0 Å². The molecule has 0 atom stereocenters. The standard InChI is InChI=1S/C18H16ClN3O3S/c1-24-17(23)13-4-2-7-16(10-13)25-8-9-26-18-21-20-12-22(18)15-6-3-5-14(19)11-15/h2-7,10-12H,8-9H2,1H3. The Bertz CT molecular complexity index is 901. The molecule has 8 heteroatoms. The molecule has 1 heterocycles. The lowest BCUT2D eigenvalue weighted by molar-refractivity contribution is 0.0600. The molecule has 0 saturated heterocycles. The van der Waals surface area contributed by atoms with Crippen molar-refractivity contribution < 1.29 is 14.3 Å². The molecule has 3 aromatic rings. The zero-order valence-corrected chi connectivity index (χ0v) is 15.5. The van der Waals surface area contributed by atoms with Gasteiger partial charge in [0.2, 0.25) is 0 Å². The van der Waals surface area contributed by atoms with Crippen molar-refractivity contribution >= 4 is 29.3 Å². The van der Waals surface area contributed by atoms with E-state index < -0.39 is 0 Å². The third-order valence-corrected chi connectivity index (χ3v) is 4.58. The van der Waals surface area contributed by atoms with Crippen molar-refractivity contribution in [2.45, 2.75) is 5.16 Å². The molecule has 0 aliphatic rings. The summed E-state index contributed by atoms with van der Waals surface area (Å²) in [6.45, 7) is 0.456. The minimum atomic E-state index is -0.389. The zero-order valence-electron chi connectivity index (χ0n) is 14.0. The number of rotatable bonds is 7. The summed E-state index contributed by atoms with van der Waals surface area (Å²) < 4.78 is 12.3. The second kappa shape index (κ2) is 8.73. The Morgan fingerprint density at radius 3 is 2.88 bits per heavy atom. The van der Waals surface area contributed by atoms with E-state index in [1.807, 2.05) is 28.8 Å². The summed E-state index contributed by atoms with van der Waals surface area (Å²) in [5.41, 5.74) is 1.36. The lowest BCUT2D eigenvalue weighted by Crippen LogP contribution is -2.04. The molecule has 0 N–H and O–H groups in total. The van der Waals surface area contributed by atoms with E-state index in [0.717, 1.165) is 10.8 Å². The number of nitrogens with zero attached hydrogens (tertiary/aromatic N) is 3. The Morgan fingerprint density at radius 2 is 2.08 bits per heavy atom. The second-order valence-electron chi connectivity index (χ2n) is 5.18. The summed E-state index contributed by atoms with van der Waals surface area (Å²) in [7, 11) is 1.35. The first kappa shape index (κ1) is 18.3. The summed E-state index contributed by atoms with van der Waals surface area (Å²) in [4.78, 5) is 11.5. The molecule has 1 aromatic heterocycles.